The van der Waals surface area contributed by atoms with Gasteiger partial charge in [-0.05, 0) is 12.8 Å². The summed E-state index contributed by atoms with van der Waals surface area (Å²) in [6.45, 7) is 0.977. The summed E-state index contributed by atoms with van der Waals surface area (Å²) in [5.41, 5.74) is 0. The Bertz CT molecular complexity index is 287. The maximum absolute atomic E-state index is 12.2. The number of aliphatic hydroxyl groups is 1. The highest BCUT2D eigenvalue weighted by molar-refractivity contribution is 5.86. The zero-order valence-electron chi connectivity index (χ0n) is 10.7. The molecule has 18 heavy (non-hydrogen) atoms. The summed E-state index contributed by atoms with van der Waals surface area (Å²) in [5.74, 6) is -0.251. The molecule has 0 spiro atoms. The van der Waals surface area contributed by atoms with E-state index in [-0.39, 0.29) is 12.5 Å². The van der Waals surface area contributed by atoms with Gasteiger partial charge in [0.1, 0.15) is 12.1 Å². The number of nitrogens with zero attached hydrogens (tertiary/aromatic N) is 1. The molecule has 0 aromatic carbocycles. The Balaban J connectivity index is 2.74. The molecule has 0 bridgehead atoms. The minimum Gasteiger partial charge on any atom is -0.453 e. The van der Waals surface area contributed by atoms with Crippen LogP contribution in [0.15, 0.2) is 0 Å². The fraction of sp³-hybridized carbons (Fsp3) is 0.818. The van der Waals surface area contributed by atoms with E-state index >= 15 is 0 Å². The summed E-state index contributed by atoms with van der Waals surface area (Å²) >= 11 is 0. The third kappa shape index (κ3) is 3.58. The number of likely N-dealkylation sites (tertiary alicyclic amines) is 1. The number of methoxy groups -OCH3 is 2. The second kappa shape index (κ2) is 7.17. The number of aliphatic hydroxyl groups excluding tert-OH is 1. The van der Waals surface area contributed by atoms with E-state index in [4.69, 9.17) is 4.74 Å². The van der Waals surface area contributed by atoms with Crippen molar-refractivity contribution in [2.24, 2.45) is 0 Å². The van der Waals surface area contributed by atoms with Gasteiger partial charge in [0.05, 0.1) is 13.7 Å². The lowest BCUT2D eigenvalue weighted by molar-refractivity contribution is -0.136. The molecule has 0 unspecified atom stereocenters. The molecule has 1 aliphatic heterocycles. The normalized spacial score (nSPS) is 18.3. The van der Waals surface area contributed by atoms with E-state index < -0.39 is 18.2 Å². The number of nitrogens with one attached hydrogen (secondary N) is 1. The lowest BCUT2D eigenvalue weighted by atomic mass is 10.1. The number of carbonyl (C=O) groups excluding carboxylic acids is 2. The molecule has 0 radical (unpaired) electrons. The van der Waals surface area contributed by atoms with E-state index in [1.54, 1.807) is 4.90 Å². The molecule has 0 saturated carbocycles. The molecule has 0 aliphatic carbocycles. The van der Waals surface area contributed by atoms with Crippen molar-refractivity contribution in [3.05, 3.63) is 0 Å². The molecule has 1 aliphatic rings. The van der Waals surface area contributed by atoms with Gasteiger partial charge in [-0.15, -0.1) is 0 Å². The van der Waals surface area contributed by atoms with Crippen molar-refractivity contribution in [2.75, 3.05) is 33.9 Å². The molecule has 2 atom stereocenters. The van der Waals surface area contributed by atoms with E-state index in [0.29, 0.717) is 13.1 Å². The van der Waals surface area contributed by atoms with Gasteiger partial charge in [-0.25, -0.2) is 4.79 Å². The minimum atomic E-state index is -0.925. The Morgan fingerprint density at radius 3 is 2.39 bits per heavy atom. The van der Waals surface area contributed by atoms with Crippen LogP contribution < -0.4 is 5.32 Å². The molecule has 2 N–H and O–H groups in total. The molecule has 1 heterocycles. The van der Waals surface area contributed by atoms with E-state index in [1.807, 2.05) is 0 Å². The summed E-state index contributed by atoms with van der Waals surface area (Å²) < 4.78 is 9.49. The Labute approximate surface area is 106 Å². The van der Waals surface area contributed by atoms with E-state index in [9.17, 15) is 14.7 Å². The van der Waals surface area contributed by atoms with Gasteiger partial charge >= 0.3 is 6.09 Å². The molecule has 0 aromatic heterocycles. The molecule has 1 rings (SSSR count). The lowest BCUT2D eigenvalue weighted by Gasteiger charge is -2.28. The number of hydrogen-bond donors (Lipinski definition) is 2. The zero-order valence-corrected chi connectivity index (χ0v) is 10.7. The first-order valence-corrected chi connectivity index (χ1v) is 5.91. The summed E-state index contributed by atoms with van der Waals surface area (Å²) in [5, 5.41) is 11.6. The van der Waals surface area contributed by atoms with Crippen LogP contribution in [0.25, 0.3) is 0 Å². The second-order valence-electron chi connectivity index (χ2n) is 4.10. The molecule has 2 amide bonds. The molecule has 1 saturated heterocycles. The summed E-state index contributed by atoms with van der Waals surface area (Å²) in [4.78, 5) is 25.1. The smallest absolute Gasteiger partial charge is 0.407 e. The van der Waals surface area contributed by atoms with Crippen LogP contribution in [0.2, 0.25) is 0 Å². The van der Waals surface area contributed by atoms with E-state index in [2.05, 4.69) is 10.1 Å². The number of ether oxygens (including phenoxy) is 2. The van der Waals surface area contributed by atoms with Crippen LogP contribution in [-0.4, -0.2) is 68.1 Å². The minimum absolute atomic E-state index is 0.251. The van der Waals surface area contributed by atoms with Gasteiger partial charge in [0, 0.05) is 20.2 Å². The van der Waals surface area contributed by atoms with Crippen molar-refractivity contribution < 1.29 is 24.2 Å². The molecule has 1 fully saturated rings. The lowest BCUT2D eigenvalue weighted by Crippen LogP contribution is -2.55. The first kappa shape index (κ1) is 14.7. The second-order valence-corrected chi connectivity index (χ2v) is 4.10. The van der Waals surface area contributed by atoms with Crippen molar-refractivity contribution in [1.82, 2.24) is 10.2 Å². The zero-order chi connectivity index (χ0) is 13.5. The Hall–Kier alpha value is -1.34. The average Bonchev–Trinajstić information content (AvgIpc) is 2.91. The van der Waals surface area contributed by atoms with Crippen LogP contribution in [0.3, 0.4) is 0 Å². The predicted octanol–water partition coefficient (Wildman–Crippen LogP) is -0.659. The maximum Gasteiger partial charge on any atom is 0.407 e. The fourth-order valence-electron chi connectivity index (χ4n) is 1.95. The van der Waals surface area contributed by atoms with Crippen molar-refractivity contribution in [2.45, 2.75) is 25.0 Å². The molecule has 7 nitrogen and oxygen atoms in total. The van der Waals surface area contributed by atoms with Gasteiger partial charge in [-0.3, -0.25) is 4.79 Å². The van der Waals surface area contributed by atoms with Crippen LogP contribution in [0.1, 0.15) is 12.8 Å². The first-order chi connectivity index (χ1) is 8.63. The van der Waals surface area contributed by atoms with E-state index in [0.717, 1.165) is 12.8 Å². The van der Waals surface area contributed by atoms with Crippen LogP contribution in [0.5, 0.6) is 0 Å². The highest BCUT2D eigenvalue weighted by Gasteiger charge is 2.34. The maximum atomic E-state index is 12.2. The molecular formula is C11H20N2O5. The number of alkyl carbamates (subject to hydrolysis) is 1. The highest BCUT2D eigenvalue weighted by Crippen LogP contribution is 2.12. The van der Waals surface area contributed by atoms with Gasteiger partial charge in [0.15, 0.2) is 0 Å². The molecule has 7 heteroatoms. The predicted molar refractivity (Wildman–Crippen MR) is 63.0 cm³/mol. The summed E-state index contributed by atoms with van der Waals surface area (Å²) in [6.07, 6.45) is 0.404. The van der Waals surface area contributed by atoms with Crippen molar-refractivity contribution >= 4 is 12.0 Å². The van der Waals surface area contributed by atoms with Crippen LogP contribution in [-0.2, 0) is 14.3 Å². The number of amides is 2. The quantitative estimate of drug-likeness (QED) is 0.685. The summed E-state index contributed by atoms with van der Waals surface area (Å²) in [6, 6.07) is -0.925. The van der Waals surface area contributed by atoms with Crippen molar-refractivity contribution in [3.8, 4) is 0 Å². The Kier molecular flexibility index (Phi) is 5.87. The topological polar surface area (TPSA) is 88.1 Å². The SMILES string of the molecule is COC(=O)N[C@H](C(=O)N1CCCC1)[C@@H](CO)OC. The Morgan fingerprint density at radius 2 is 1.94 bits per heavy atom. The monoisotopic (exact) mass is 260 g/mol. The summed E-state index contributed by atoms with van der Waals surface area (Å²) in [7, 11) is 2.59. The van der Waals surface area contributed by atoms with Gasteiger partial charge in [-0.1, -0.05) is 0 Å². The largest absolute Gasteiger partial charge is 0.453 e. The first-order valence-electron chi connectivity index (χ1n) is 5.91. The average molecular weight is 260 g/mol. The van der Waals surface area contributed by atoms with Crippen LogP contribution in [0, 0.1) is 0 Å². The number of rotatable bonds is 5. The van der Waals surface area contributed by atoms with Gasteiger partial charge in [0.25, 0.3) is 0 Å². The number of carbonyl (C=O) groups is 2. The van der Waals surface area contributed by atoms with Crippen LogP contribution in [0.4, 0.5) is 4.79 Å². The van der Waals surface area contributed by atoms with Crippen molar-refractivity contribution in [1.29, 1.82) is 0 Å². The van der Waals surface area contributed by atoms with Crippen LogP contribution >= 0.6 is 0 Å². The molecule has 104 valence electrons. The third-order valence-electron chi connectivity index (χ3n) is 3.00. The molecular weight excluding hydrogens is 240 g/mol. The van der Waals surface area contributed by atoms with E-state index in [1.165, 1.54) is 14.2 Å². The van der Waals surface area contributed by atoms with Gasteiger partial charge in [0.2, 0.25) is 5.91 Å². The fourth-order valence-corrected chi connectivity index (χ4v) is 1.95. The third-order valence-corrected chi connectivity index (χ3v) is 3.00. The Morgan fingerprint density at radius 1 is 1.33 bits per heavy atom. The van der Waals surface area contributed by atoms with Gasteiger partial charge in [-0.2, -0.15) is 0 Å². The van der Waals surface area contributed by atoms with Gasteiger partial charge < -0.3 is 24.8 Å². The standard InChI is InChI=1S/C11H20N2O5/c1-17-8(7-14)9(12-11(16)18-2)10(15)13-5-3-4-6-13/h8-9,14H,3-7H2,1-2H3,(H,12,16)/t8-,9+/m1/s1. The molecule has 0 aromatic rings. The number of hydrogen-bond acceptors (Lipinski definition) is 5. The highest BCUT2D eigenvalue weighted by atomic mass is 16.5. The van der Waals surface area contributed by atoms with Crippen molar-refractivity contribution in [3.63, 3.8) is 0 Å².